The molecule has 0 radical (unpaired) electrons. The van der Waals surface area contributed by atoms with Crippen LogP contribution in [0.15, 0.2) is 53.4 Å². The lowest BCUT2D eigenvalue weighted by Gasteiger charge is -2.29. The maximum Gasteiger partial charge on any atom is 0.264 e. The number of amides is 1. The van der Waals surface area contributed by atoms with Crippen LogP contribution >= 0.6 is 0 Å². The minimum absolute atomic E-state index is 0.0361. The van der Waals surface area contributed by atoms with E-state index in [1.807, 2.05) is 13.0 Å². The monoisotopic (exact) mass is 531 g/mol. The van der Waals surface area contributed by atoms with Crippen molar-refractivity contribution in [2.75, 3.05) is 20.6 Å². The number of nitrogens with one attached hydrogen (secondary N) is 2. The highest BCUT2D eigenvalue weighted by molar-refractivity contribution is 7.92. The van der Waals surface area contributed by atoms with Crippen LogP contribution in [0.5, 0.6) is 0 Å². The molecule has 0 aliphatic rings. The molecule has 1 aromatic heterocycles. The fourth-order valence-electron chi connectivity index (χ4n) is 3.65. The Balaban J connectivity index is 1.80. The van der Waals surface area contributed by atoms with Crippen LogP contribution < -0.4 is 14.3 Å². The van der Waals surface area contributed by atoms with Gasteiger partial charge in [0.25, 0.3) is 10.0 Å². The molecule has 1 atom stereocenters. The van der Waals surface area contributed by atoms with E-state index in [2.05, 4.69) is 20.0 Å². The van der Waals surface area contributed by atoms with Gasteiger partial charge in [-0.15, -0.1) is 0 Å². The Morgan fingerprint density at radius 2 is 1.47 bits per heavy atom. The molecule has 0 fully saturated rings. The lowest BCUT2D eigenvalue weighted by molar-refractivity contribution is -0.116. The molecule has 12 heteroatoms. The summed E-state index contributed by atoms with van der Waals surface area (Å²) in [5.41, 5.74) is 3.53. The molecule has 1 amide bonds. The molecule has 2 N–H and O–H groups in total. The summed E-state index contributed by atoms with van der Waals surface area (Å²) in [6.07, 6.45) is 1.05. The molecule has 0 aliphatic heterocycles. The van der Waals surface area contributed by atoms with Gasteiger partial charge in [0.15, 0.2) is 0 Å². The van der Waals surface area contributed by atoms with Gasteiger partial charge in [-0.1, -0.05) is 12.1 Å². The highest BCUT2D eigenvalue weighted by Crippen LogP contribution is 2.27. The van der Waals surface area contributed by atoms with Crippen molar-refractivity contribution >= 4 is 43.3 Å². The number of hydrogen-bond acceptors (Lipinski definition) is 7. The summed E-state index contributed by atoms with van der Waals surface area (Å²) in [5, 5.41) is 2.66. The zero-order valence-electron chi connectivity index (χ0n) is 20.9. The molecule has 0 saturated heterocycles. The first-order valence-electron chi connectivity index (χ1n) is 11.0. The minimum atomic E-state index is -3.96. The minimum Gasteiger partial charge on any atom is -0.324 e. The van der Waals surface area contributed by atoms with E-state index >= 15 is 0 Å². The number of aryl methyl sites for hydroxylation is 4. The summed E-state index contributed by atoms with van der Waals surface area (Å²) in [6, 6.07) is 11.5. The number of benzene rings is 2. The van der Waals surface area contributed by atoms with Gasteiger partial charge >= 0.3 is 0 Å². The first-order chi connectivity index (χ1) is 16.7. The predicted molar refractivity (Wildman–Crippen MR) is 140 cm³/mol. The molecular formula is C24H29N5O5S2. The van der Waals surface area contributed by atoms with Crippen molar-refractivity contribution in [3.8, 4) is 0 Å². The Morgan fingerprint density at radius 3 is 2.03 bits per heavy atom. The van der Waals surface area contributed by atoms with E-state index in [-0.39, 0.29) is 10.8 Å². The Labute approximate surface area is 211 Å². The van der Waals surface area contributed by atoms with Crippen molar-refractivity contribution in [1.29, 1.82) is 0 Å². The summed E-state index contributed by atoms with van der Waals surface area (Å²) in [4.78, 5) is 21.1. The van der Waals surface area contributed by atoms with Crippen LogP contribution in [0.4, 0.5) is 17.3 Å². The van der Waals surface area contributed by atoms with Crippen molar-refractivity contribution in [3.05, 3.63) is 71.0 Å². The molecule has 2 aromatic carbocycles. The highest BCUT2D eigenvalue weighted by atomic mass is 32.2. The average molecular weight is 532 g/mol. The smallest absolute Gasteiger partial charge is 0.264 e. The van der Waals surface area contributed by atoms with E-state index in [9.17, 15) is 21.6 Å². The molecule has 0 bridgehead atoms. The molecule has 0 unspecified atom stereocenters. The zero-order valence-corrected chi connectivity index (χ0v) is 22.5. The van der Waals surface area contributed by atoms with E-state index in [0.717, 1.165) is 16.1 Å². The summed E-state index contributed by atoms with van der Waals surface area (Å²) in [6.45, 7) is 8.57. The molecular weight excluding hydrogens is 502 g/mol. The second-order valence-corrected chi connectivity index (χ2v) is 12.2. The Bertz CT molecular complexity index is 1480. The number of hydrogen-bond donors (Lipinski definition) is 2. The van der Waals surface area contributed by atoms with E-state index in [0.29, 0.717) is 28.3 Å². The van der Waals surface area contributed by atoms with Gasteiger partial charge in [0.1, 0.15) is 6.04 Å². The number of anilines is 3. The van der Waals surface area contributed by atoms with Crippen molar-refractivity contribution in [2.24, 2.45) is 0 Å². The van der Waals surface area contributed by atoms with Crippen molar-refractivity contribution in [1.82, 2.24) is 9.97 Å². The number of carbonyl (C=O) groups is 1. The molecule has 192 valence electrons. The van der Waals surface area contributed by atoms with E-state index < -0.39 is 32.0 Å². The molecule has 36 heavy (non-hydrogen) atoms. The van der Waals surface area contributed by atoms with E-state index in [1.54, 1.807) is 39.0 Å². The van der Waals surface area contributed by atoms with Gasteiger partial charge in [0.05, 0.1) is 16.8 Å². The first kappa shape index (κ1) is 27.1. The fourth-order valence-corrected chi connectivity index (χ4v) is 5.82. The lowest BCUT2D eigenvalue weighted by Crippen LogP contribution is -2.45. The largest absolute Gasteiger partial charge is 0.324 e. The van der Waals surface area contributed by atoms with Crippen LogP contribution in [0.2, 0.25) is 0 Å². The molecule has 3 aromatic rings. The number of nitrogens with zero attached hydrogens (tertiary/aromatic N) is 3. The molecule has 0 saturated carbocycles. The quantitative estimate of drug-likeness (QED) is 0.455. The van der Waals surface area contributed by atoms with Crippen molar-refractivity contribution in [3.63, 3.8) is 0 Å². The Kier molecular flexibility index (Phi) is 7.70. The topological polar surface area (TPSA) is 138 Å². The van der Waals surface area contributed by atoms with Gasteiger partial charge in [0, 0.05) is 17.1 Å². The maximum absolute atomic E-state index is 13.0. The maximum atomic E-state index is 13.0. The summed E-state index contributed by atoms with van der Waals surface area (Å²) in [7, 11) is -7.74. The van der Waals surface area contributed by atoms with Crippen molar-refractivity contribution < 1.29 is 21.6 Å². The molecule has 3 rings (SSSR count). The van der Waals surface area contributed by atoms with Crippen molar-refractivity contribution in [2.45, 2.75) is 45.6 Å². The summed E-state index contributed by atoms with van der Waals surface area (Å²) >= 11 is 0. The highest BCUT2D eigenvalue weighted by Gasteiger charge is 2.30. The van der Waals surface area contributed by atoms with Crippen LogP contribution in [-0.4, -0.2) is 45.0 Å². The second kappa shape index (κ2) is 10.2. The number of carbonyl (C=O) groups excluding carboxylic acids is 1. The Morgan fingerprint density at radius 1 is 0.889 bits per heavy atom. The zero-order chi connectivity index (χ0) is 26.8. The van der Waals surface area contributed by atoms with Gasteiger partial charge in [-0.05, 0) is 82.1 Å². The van der Waals surface area contributed by atoms with Gasteiger partial charge in [-0.3, -0.25) is 9.10 Å². The number of sulfonamides is 2. The van der Waals surface area contributed by atoms with Gasteiger partial charge in [0.2, 0.25) is 21.9 Å². The third kappa shape index (κ3) is 6.38. The predicted octanol–water partition coefficient (Wildman–Crippen LogP) is 3.30. The molecule has 1 heterocycles. The van der Waals surface area contributed by atoms with Crippen LogP contribution in [0.25, 0.3) is 0 Å². The van der Waals surface area contributed by atoms with Crippen LogP contribution in [-0.2, 0) is 24.8 Å². The normalized spacial score (nSPS) is 12.6. The van der Waals surface area contributed by atoms with Gasteiger partial charge < -0.3 is 5.32 Å². The summed E-state index contributed by atoms with van der Waals surface area (Å²) in [5.74, 6) is -0.607. The number of aromatic nitrogens is 2. The third-order valence-corrected chi connectivity index (χ3v) is 7.90. The third-order valence-electron chi connectivity index (χ3n) is 5.33. The molecule has 10 nitrogen and oxygen atoms in total. The SMILES string of the molecule is Cc1ccc(C)c(N([C@@H](C)C(=O)Nc2ccc(S(=O)(=O)Nc3nc(C)cc(C)n3)cc2)S(C)(=O)=O)c1. The van der Waals surface area contributed by atoms with Gasteiger partial charge in [-0.2, -0.15) is 0 Å². The lowest BCUT2D eigenvalue weighted by atomic mass is 10.1. The van der Waals surface area contributed by atoms with E-state index in [1.165, 1.54) is 31.2 Å². The fraction of sp³-hybridized carbons (Fsp3) is 0.292. The van der Waals surface area contributed by atoms with E-state index in [4.69, 9.17) is 0 Å². The van der Waals surface area contributed by atoms with Crippen LogP contribution in [0, 0.1) is 27.7 Å². The number of rotatable bonds is 8. The van der Waals surface area contributed by atoms with Crippen LogP contribution in [0.1, 0.15) is 29.4 Å². The standard InChI is InChI=1S/C24H29N5O5S2/c1-15-7-8-16(2)22(13-15)29(35(6,31)32)19(5)23(30)27-20-9-11-21(12-10-20)36(33,34)28-24-25-17(3)14-18(4)26-24/h7-14,19H,1-6H3,(H,27,30)(H,25,26,28)/t19-/m0/s1. The first-order valence-corrected chi connectivity index (χ1v) is 14.3. The Hall–Kier alpha value is -3.51. The molecule has 0 spiro atoms. The van der Waals surface area contributed by atoms with Gasteiger partial charge in [-0.25, -0.2) is 31.5 Å². The average Bonchev–Trinajstić information content (AvgIpc) is 2.74. The second-order valence-electron chi connectivity index (χ2n) is 8.62. The summed E-state index contributed by atoms with van der Waals surface area (Å²) < 4.78 is 54.1. The molecule has 0 aliphatic carbocycles. The van der Waals surface area contributed by atoms with Crippen LogP contribution in [0.3, 0.4) is 0 Å².